The lowest BCUT2D eigenvalue weighted by atomic mass is 9.74. The average molecular weight is 291 g/mol. The Morgan fingerprint density at radius 2 is 2.10 bits per heavy atom. The van der Waals surface area contributed by atoms with Crippen molar-refractivity contribution in [2.45, 2.75) is 65.3 Å². The summed E-state index contributed by atoms with van der Waals surface area (Å²) in [5, 5.41) is 3.74. The first kappa shape index (κ1) is 16.5. The lowest BCUT2D eigenvalue weighted by molar-refractivity contribution is 0.209. The van der Waals surface area contributed by atoms with Crippen molar-refractivity contribution in [2.24, 2.45) is 11.8 Å². The van der Waals surface area contributed by atoms with Gasteiger partial charge in [0.2, 0.25) is 0 Å². The van der Waals surface area contributed by atoms with Gasteiger partial charge in [-0.1, -0.05) is 39.2 Å². The van der Waals surface area contributed by atoms with Gasteiger partial charge in [-0.25, -0.2) is 4.39 Å². The molecule has 118 valence electrons. The van der Waals surface area contributed by atoms with Gasteiger partial charge >= 0.3 is 0 Å². The molecule has 1 N–H and O–H groups in total. The van der Waals surface area contributed by atoms with E-state index in [4.69, 9.17) is 0 Å². The summed E-state index contributed by atoms with van der Waals surface area (Å²) >= 11 is 0. The Morgan fingerprint density at radius 3 is 2.76 bits per heavy atom. The van der Waals surface area contributed by atoms with Crippen LogP contribution < -0.4 is 5.32 Å². The molecule has 2 rings (SSSR count). The van der Waals surface area contributed by atoms with Gasteiger partial charge in [0.15, 0.2) is 0 Å². The van der Waals surface area contributed by atoms with E-state index >= 15 is 0 Å². The van der Waals surface area contributed by atoms with Gasteiger partial charge in [0.1, 0.15) is 5.82 Å². The highest BCUT2D eigenvalue weighted by Crippen LogP contribution is 2.39. The van der Waals surface area contributed by atoms with Gasteiger partial charge < -0.3 is 5.32 Å². The van der Waals surface area contributed by atoms with Crippen molar-refractivity contribution in [3.05, 3.63) is 35.1 Å². The minimum Gasteiger partial charge on any atom is -0.310 e. The number of halogens is 1. The molecule has 0 aromatic heterocycles. The summed E-state index contributed by atoms with van der Waals surface area (Å²) in [5.74, 6) is 1.44. The molecule has 1 aromatic rings. The molecule has 0 saturated heterocycles. The minimum absolute atomic E-state index is 0.124. The molecule has 1 aliphatic rings. The van der Waals surface area contributed by atoms with Crippen LogP contribution >= 0.6 is 0 Å². The Morgan fingerprint density at radius 1 is 1.29 bits per heavy atom. The van der Waals surface area contributed by atoms with E-state index < -0.39 is 0 Å². The third-order valence-corrected chi connectivity index (χ3v) is 5.05. The molecular weight excluding hydrogens is 261 g/mol. The average Bonchev–Trinajstić information content (AvgIpc) is 2.49. The summed E-state index contributed by atoms with van der Waals surface area (Å²) < 4.78 is 13.4. The van der Waals surface area contributed by atoms with Crippen LogP contribution in [0.2, 0.25) is 0 Å². The van der Waals surface area contributed by atoms with Crippen LogP contribution in [0.5, 0.6) is 0 Å². The third-order valence-electron chi connectivity index (χ3n) is 5.05. The van der Waals surface area contributed by atoms with E-state index in [2.05, 4.69) is 19.2 Å². The van der Waals surface area contributed by atoms with E-state index in [1.807, 2.05) is 13.0 Å². The number of hydrogen-bond donors (Lipinski definition) is 1. The topological polar surface area (TPSA) is 12.0 Å². The molecule has 3 unspecified atom stereocenters. The molecule has 0 spiro atoms. The number of aryl methyl sites for hydroxylation is 1. The standard InChI is InChI=1S/C19H30FN/c1-4-11-21-19(16-8-6-7-15(5-2)13-16)18-10-9-17(20)12-14(18)3/h9-10,12,15-16,19,21H,4-8,11,13H2,1-3H3. The zero-order valence-corrected chi connectivity index (χ0v) is 13.8. The predicted octanol–water partition coefficient (Wildman–Crippen LogP) is 5.39. The number of rotatable bonds is 6. The van der Waals surface area contributed by atoms with Crippen molar-refractivity contribution in [1.29, 1.82) is 0 Å². The third kappa shape index (κ3) is 4.29. The van der Waals surface area contributed by atoms with E-state index in [0.717, 1.165) is 24.4 Å². The maximum absolute atomic E-state index is 13.4. The first-order chi connectivity index (χ1) is 10.2. The molecule has 1 aliphatic carbocycles. The summed E-state index contributed by atoms with van der Waals surface area (Å²) in [6.45, 7) is 7.59. The van der Waals surface area contributed by atoms with E-state index in [-0.39, 0.29) is 5.82 Å². The molecule has 2 heteroatoms. The molecule has 1 nitrogen and oxygen atoms in total. The van der Waals surface area contributed by atoms with Crippen LogP contribution in [-0.4, -0.2) is 6.54 Å². The van der Waals surface area contributed by atoms with Crippen LogP contribution in [-0.2, 0) is 0 Å². The Hall–Kier alpha value is -0.890. The second-order valence-electron chi connectivity index (χ2n) is 6.63. The minimum atomic E-state index is -0.124. The molecule has 0 radical (unpaired) electrons. The smallest absolute Gasteiger partial charge is 0.123 e. The van der Waals surface area contributed by atoms with Gasteiger partial charge in [-0.3, -0.25) is 0 Å². The van der Waals surface area contributed by atoms with Crippen LogP contribution in [0.25, 0.3) is 0 Å². The van der Waals surface area contributed by atoms with Crippen molar-refractivity contribution >= 4 is 0 Å². The number of nitrogens with one attached hydrogen (secondary N) is 1. The van der Waals surface area contributed by atoms with Crippen LogP contribution in [0.15, 0.2) is 18.2 Å². The Labute approximate surface area is 129 Å². The van der Waals surface area contributed by atoms with E-state index in [1.165, 1.54) is 37.7 Å². The SMILES string of the molecule is CCCNC(c1ccc(F)cc1C)C1CCCC(CC)C1. The van der Waals surface area contributed by atoms with Gasteiger partial charge in [-0.15, -0.1) is 0 Å². The molecule has 0 bridgehead atoms. The van der Waals surface area contributed by atoms with E-state index in [9.17, 15) is 4.39 Å². The summed E-state index contributed by atoms with van der Waals surface area (Å²) in [5.41, 5.74) is 2.38. The molecule has 0 amide bonds. The van der Waals surface area contributed by atoms with Crippen LogP contribution in [0.3, 0.4) is 0 Å². The summed E-state index contributed by atoms with van der Waals surface area (Å²) in [6.07, 6.45) is 7.77. The molecule has 0 aliphatic heterocycles. The highest BCUT2D eigenvalue weighted by molar-refractivity contribution is 5.30. The predicted molar refractivity (Wildman–Crippen MR) is 87.9 cm³/mol. The highest BCUT2D eigenvalue weighted by Gasteiger charge is 2.29. The lowest BCUT2D eigenvalue weighted by Gasteiger charge is -2.36. The van der Waals surface area contributed by atoms with Gasteiger partial charge in [0, 0.05) is 6.04 Å². The molecule has 0 heterocycles. The van der Waals surface area contributed by atoms with Crippen molar-refractivity contribution in [3.8, 4) is 0 Å². The monoisotopic (exact) mass is 291 g/mol. The summed E-state index contributed by atoms with van der Waals surface area (Å²) in [7, 11) is 0. The number of hydrogen-bond acceptors (Lipinski definition) is 1. The normalized spacial score (nSPS) is 24.0. The molecular formula is C19H30FN. The molecule has 21 heavy (non-hydrogen) atoms. The van der Waals surface area contributed by atoms with E-state index in [1.54, 1.807) is 12.1 Å². The van der Waals surface area contributed by atoms with Gasteiger partial charge in [0.25, 0.3) is 0 Å². The molecule has 1 aromatic carbocycles. The molecule has 1 fully saturated rings. The van der Waals surface area contributed by atoms with Crippen molar-refractivity contribution in [1.82, 2.24) is 5.32 Å². The fourth-order valence-electron chi connectivity index (χ4n) is 3.82. The maximum Gasteiger partial charge on any atom is 0.123 e. The second-order valence-corrected chi connectivity index (χ2v) is 6.63. The first-order valence-electron chi connectivity index (χ1n) is 8.65. The van der Waals surface area contributed by atoms with Crippen LogP contribution in [0, 0.1) is 24.6 Å². The fraction of sp³-hybridized carbons (Fsp3) is 0.684. The van der Waals surface area contributed by atoms with Crippen LogP contribution in [0.1, 0.15) is 69.5 Å². The number of benzene rings is 1. The summed E-state index contributed by atoms with van der Waals surface area (Å²) in [6, 6.07) is 5.67. The van der Waals surface area contributed by atoms with Gasteiger partial charge in [-0.2, -0.15) is 0 Å². The second kappa shape index (κ2) is 7.93. The highest BCUT2D eigenvalue weighted by atomic mass is 19.1. The fourth-order valence-corrected chi connectivity index (χ4v) is 3.82. The molecule has 1 saturated carbocycles. The first-order valence-corrected chi connectivity index (χ1v) is 8.65. The maximum atomic E-state index is 13.4. The summed E-state index contributed by atoms with van der Waals surface area (Å²) in [4.78, 5) is 0. The van der Waals surface area contributed by atoms with E-state index in [0.29, 0.717) is 12.0 Å². The molecule has 3 atom stereocenters. The Kier molecular flexibility index (Phi) is 6.22. The Bertz CT molecular complexity index is 443. The lowest BCUT2D eigenvalue weighted by Crippen LogP contribution is -2.32. The Balaban J connectivity index is 2.20. The van der Waals surface area contributed by atoms with Crippen molar-refractivity contribution in [2.75, 3.05) is 6.54 Å². The van der Waals surface area contributed by atoms with Gasteiger partial charge in [-0.05, 0) is 67.8 Å². The van der Waals surface area contributed by atoms with Gasteiger partial charge in [0.05, 0.1) is 0 Å². The zero-order valence-electron chi connectivity index (χ0n) is 13.8. The zero-order chi connectivity index (χ0) is 15.2. The van der Waals surface area contributed by atoms with Crippen LogP contribution in [0.4, 0.5) is 4.39 Å². The van der Waals surface area contributed by atoms with Crippen molar-refractivity contribution < 1.29 is 4.39 Å². The quantitative estimate of drug-likeness (QED) is 0.741. The largest absolute Gasteiger partial charge is 0.310 e. The van der Waals surface area contributed by atoms with Crippen molar-refractivity contribution in [3.63, 3.8) is 0 Å².